The molecule has 3 heteroatoms. The first-order valence-corrected chi connectivity index (χ1v) is 6.67. The van der Waals surface area contributed by atoms with E-state index in [0.717, 1.165) is 31.8 Å². The van der Waals surface area contributed by atoms with Gasteiger partial charge in [0.25, 0.3) is 0 Å². The van der Waals surface area contributed by atoms with Gasteiger partial charge in [0.05, 0.1) is 6.61 Å². The fourth-order valence-electron chi connectivity index (χ4n) is 2.43. The fraction of sp³-hybridized carbons (Fsp3) is 0.600. The van der Waals surface area contributed by atoms with Crippen LogP contribution in [0, 0.1) is 18.8 Å². The molecule has 2 rings (SSSR count). The number of aliphatic hydroxyl groups is 1. The van der Waals surface area contributed by atoms with E-state index in [1.165, 1.54) is 5.56 Å². The average Bonchev–Trinajstić information content (AvgIpc) is 2.41. The van der Waals surface area contributed by atoms with Crippen molar-refractivity contribution in [2.24, 2.45) is 11.8 Å². The molecule has 0 spiro atoms. The number of benzene rings is 1. The smallest absolute Gasteiger partial charge is 0.119 e. The number of ether oxygens (including phenoxy) is 2. The van der Waals surface area contributed by atoms with E-state index in [1.807, 2.05) is 18.2 Å². The number of rotatable bonds is 5. The van der Waals surface area contributed by atoms with Crippen molar-refractivity contribution in [1.82, 2.24) is 0 Å². The lowest BCUT2D eigenvalue weighted by Gasteiger charge is -2.29. The Morgan fingerprint density at radius 1 is 1.39 bits per heavy atom. The standard InChI is InChI=1S/C15H22O3/c1-12-3-2-4-15(9-12)18-11-14(10-16)13-5-7-17-8-6-13/h2-4,9,13-14,16H,5-8,10-11H2,1H3. The monoisotopic (exact) mass is 250 g/mol. The Bertz CT molecular complexity index is 359. The van der Waals surface area contributed by atoms with Crippen molar-refractivity contribution in [1.29, 1.82) is 0 Å². The Kier molecular flexibility index (Phi) is 5.02. The van der Waals surface area contributed by atoms with E-state index >= 15 is 0 Å². The van der Waals surface area contributed by atoms with Gasteiger partial charge in [-0.2, -0.15) is 0 Å². The number of aliphatic hydroxyl groups excluding tert-OH is 1. The lowest BCUT2D eigenvalue weighted by atomic mass is 9.87. The lowest BCUT2D eigenvalue weighted by Crippen LogP contribution is -2.30. The van der Waals surface area contributed by atoms with Crippen molar-refractivity contribution in [3.8, 4) is 5.75 Å². The molecule has 1 saturated heterocycles. The zero-order valence-electron chi connectivity index (χ0n) is 11.0. The molecule has 0 radical (unpaired) electrons. The number of hydrogen-bond acceptors (Lipinski definition) is 3. The molecule has 1 heterocycles. The summed E-state index contributed by atoms with van der Waals surface area (Å²) in [5.41, 5.74) is 1.19. The van der Waals surface area contributed by atoms with Crippen molar-refractivity contribution >= 4 is 0 Å². The number of aryl methyl sites for hydroxylation is 1. The number of hydrogen-bond donors (Lipinski definition) is 1. The second kappa shape index (κ2) is 6.76. The van der Waals surface area contributed by atoms with Crippen molar-refractivity contribution < 1.29 is 14.6 Å². The zero-order chi connectivity index (χ0) is 12.8. The van der Waals surface area contributed by atoms with Gasteiger partial charge in [-0.05, 0) is 43.4 Å². The van der Waals surface area contributed by atoms with E-state index in [2.05, 4.69) is 13.0 Å². The van der Waals surface area contributed by atoms with Crippen LogP contribution in [0.4, 0.5) is 0 Å². The Labute approximate surface area is 109 Å². The van der Waals surface area contributed by atoms with Crippen LogP contribution in [0.5, 0.6) is 5.75 Å². The summed E-state index contributed by atoms with van der Waals surface area (Å²) >= 11 is 0. The largest absolute Gasteiger partial charge is 0.493 e. The molecule has 1 aliphatic heterocycles. The molecule has 1 atom stereocenters. The second-order valence-corrected chi connectivity index (χ2v) is 5.02. The Balaban J connectivity index is 1.86. The third kappa shape index (κ3) is 3.72. The van der Waals surface area contributed by atoms with E-state index in [1.54, 1.807) is 0 Å². The molecule has 0 bridgehead atoms. The Morgan fingerprint density at radius 3 is 2.83 bits per heavy atom. The first kappa shape index (κ1) is 13.4. The van der Waals surface area contributed by atoms with Gasteiger partial charge in [0, 0.05) is 25.7 Å². The van der Waals surface area contributed by atoms with Crippen LogP contribution in [-0.4, -0.2) is 31.5 Å². The highest BCUT2D eigenvalue weighted by molar-refractivity contribution is 5.27. The van der Waals surface area contributed by atoms with Gasteiger partial charge < -0.3 is 14.6 Å². The molecule has 3 nitrogen and oxygen atoms in total. The first-order valence-electron chi connectivity index (χ1n) is 6.67. The van der Waals surface area contributed by atoms with Crippen molar-refractivity contribution in [2.45, 2.75) is 19.8 Å². The van der Waals surface area contributed by atoms with E-state index in [-0.39, 0.29) is 12.5 Å². The summed E-state index contributed by atoms with van der Waals surface area (Å²) in [5.74, 6) is 1.63. The maximum absolute atomic E-state index is 9.49. The Hall–Kier alpha value is -1.06. The summed E-state index contributed by atoms with van der Waals surface area (Å²) in [6.45, 7) is 4.45. The molecular weight excluding hydrogens is 228 g/mol. The molecule has 1 N–H and O–H groups in total. The molecular formula is C15H22O3. The van der Waals surface area contributed by atoms with Crippen molar-refractivity contribution in [3.05, 3.63) is 29.8 Å². The zero-order valence-corrected chi connectivity index (χ0v) is 11.0. The molecule has 18 heavy (non-hydrogen) atoms. The van der Waals surface area contributed by atoms with Crippen molar-refractivity contribution in [2.75, 3.05) is 26.4 Å². The lowest BCUT2D eigenvalue weighted by molar-refractivity contribution is 0.0199. The normalized spacial score (nSPS) is 18.6. The molecule has 0 saturated carbocycles. The second-order valence-electron chi connectivity index (χ2n) is 5.02. The fourth-order valence-corrected chi connectivity index (χ4v) is 2.43. The van der Waals surface area contributed by atoms with E-state index in [0.29, 0.717) is 12.5 Å². The minimum Gasteiger partial charge on any atom is -0.493 e. The predicted molar refractivity (Wildman–Crippen MR) is 70.8 cm³/mol. The van der Waals surface area contributed by atoms with Crippen LogP contribution < -0.4 is 4.74 Å². The van der Waals surface area contributed by atoms with Crippen LogP contribution in [0.3, 0.4) is 0 Å². The summed E-state index contributed by atoms with van der Waals surface area (Å²) in [5, 5.41) is 9.49. The molecule has 100 valence electrons. The highest BCUT2D eigenvalue weighted by Gasteiger charge is 2.24. The van der Waals surface area contributed by atoms with Crippen molar-refractivity contribution in [3.63, 3.8) is 0 Å². The third-order valence-electron chi connectivity index (χ3n) is 3.62. The summed E-state index contributed by atoms with van der Waals surface area (Å²) in [4.78, 5) is 0. The molecule has 1 unspecified atom stereocenters. The molecule has 1 fully saturated rings. The summed E-state index contributed by atoms with van der Waals surface area (Å²) in [7, 11) is 0. The van der Waals surface area contributed by atoms with Crippen LogP contribution in [0.2, 0.25) is 0 Å². The first-order chi connectivity index (χ1) is 8.79. The van der Waals surface area contributed by atoms with Gasteiger partial charge in [0.1, 0.15) is 5.75 Å². The van der Waals surface area contributed by atoms with Crippen LogP contribution >= 0.6 is 0 Å². The van der Waals surface area contributed by atoms with Gasteiger partial charge in [0.15, 0.2) is 0 Å². The topological polar surface area (TPSA) is 38.7 Å². The SMILES string of the molecule is Cc1cccc(OCC(CO)C2CCOCC2)c1. The van der Waals surface area contributed by atoms with E-state index < -0.39 is 0 Å². The highest BCUT2D eigenvalue weighted by Crippen LogP contribution is 2.24. The summed E-state index contributed by atoms with van der Waals surface area (Å²) in [6.07, 6.45) is 2.06. The molecule has 0 amide bonds. The minimum absolute atomic E-state index is 0.191. The maximum atomic E-state index is 9.49. The summed E-state index contributed by atoms with van der Waals surface area (Å²) in [6, 6.07) is 8.03. The van der Waals surface area contributed by atoms with Gasteiger partial charge in [0.2, 0.25) is 0 Å². The van der Waals surface area contributed by atoms with Crippen LogP contribution in [0.25, 0.3) is 0 Å². The van der Waals surface area contributed by atoms with E-state index in [9.17, 15) is 5.11 Å². The predicted octanol–water partition coefficient (Wildman–Crippen LogP) is 2.41. The van der Waals surface area contributed by atoms with Crippen LogP contribution in [0.15, 0.2) is 24.3 Å². The third-order valence-corrected chi connectivity index (χ3v) is 3.62. The van der Waals surface area contributed by atoms with E-state index in [4.69, 9.17) is 9.47 Å². The molecule has 1 aromatic carbocycles. The van der Waals surface area contributed by atoms with Gasteiger partial charge in [-0.25, -0.2) is 0 Å². The highest BCUT2D eigenvalue weighted by atomic mass is 16.5. The van der Waals surface area contributed by atoms with Crippen LogP contribution in [0.1, 0.15) is 18.4 Å². The maximum Gasteiger partial charge on any atom is 0.119 e. The summed E-state index contributed by atoms with van der Waals surface area (Å²) < 4.78 is 11.1. The average molecular weight is 250 g/mol. The molecule has 1 aromatic rings. The molecule has 0 aliphatic carbocycles. The van der Waals surface area contributed by atoms with Gasteiger partial charge in [-0.15, -0.1) is 0 Å². The Morgan fingerprint density at radius 2 is 2.17 bits per heavy atom. The van der Waals surface area contributed by atoms with Gasteiger partial charge in [-0.3, -0.25) is 0 Å². The minimum atomic E-state index is 0.191. The van der Waals surface area contributed by atoms with Crippen LogP contribution in [-0.2, 0) is 4.74 Å². The van der Waals surface area contributed by atoms with Gasteiger partial charge >= 0.3 is 0 Å². The van der Waals surface area contributed by atoms with Gasteiger partial charge in [-0.1, -0.05) is 12.1 Å². The molecule has 1 aliphatic rings. The molecule has 0 aromatic heterocycles. The quantitative estimate of drug-likeness (QED) is 0.872.